The number of nitrogens with one attached hydrogen (secondary N) is 2. The molecule has 124 valence electrons. The first-order chi connectivity index (χ1) is 10.9. The SMILES string of the molecule is CCC1(c2ccc(OC)c(C)c2)NC(=O)N(CC(=O)NN)C1=O. The molecule has 1 aliphatic rings. The van der Waals surface area contributed by atoms with E-state index < -0.39 is 29.9 Å². The van der Waals surface area contributed by atoms with Gasteiger partial charge in [-0.2, -0.15) is 0 Å². The molecule has 23 heavy (non-hydrogen) atoms. The fraction of sp³-hybridized carbons (Fsp3) is 0.400. The standard InChI is InChI=1S/C15H20N4O4/c1-4-15(10-5-6-11(23-3)9(2)7-10)13(21)19(14(22)17-15)8-12(20)18-16/h5-7H,4,8,16H2,1-3H3,(H,17,22)(H,18,20). The molecule has 1 unspecified atom stereocenters. The van der Waals surface area contributed by atoms with Gasteiger partial charge in [0, 0.05) is 0 Å². The molecule has 0 radical (unpaired) electrons. The summed E-state index contributed by atoms with van der Waals surface area (Å²) in [4.78, 5) is 37.2. The van der Waals surface area contributed by atoms with E-state index in [2.05, 4.69) is 5.32 Å². The van der Waals surface area contributed by atoms with Crippen LogP contribution in [0.4, 0.5) is 4.79 Å². The van der Waals surface area contributed by atoms with Crippen LogP contribution in [0, 0.1) is 6.92 Å². The Balaban J connectivity index is 2.41. The predicted molar refractivity (Wildman–Crippen MR) is 82.3 cm³/mol. The summed E-state index contributed by atoms with van der Waals surface area (Å²) >= 11 is 0. The quantitative estimate of drug-likeness (QED) is 0.309. The van der Waals surface area contributed by atoms with Crippen molar-refractivity contribution in [1.29, 1.82) is 0 Å². The maximum atomic E-state index is 12.8. The highest BCUT2D eigenvalue weighted by Crippen LogP contribution is 2.34. The first kappa shape index (κ1) is 16.8. The zero-order chi connectivity index (χ0) is 17.2. The van der Waals surface area contributed by atoms with Gasteiger partial charge in [0.05, 0.1) is 7.11 Å². The Morgan fingerprint density at radius 3 is 2.65 bits per heavy atom. The highest BCUT2D eigenvalue weighted by Gasteiger charge is 2.51. The van der Waals surface area contributed by atoms with E-state index in [1.807, 2.05) is 12.3 Å². The summed E-state index contributed by atoms with van der Waals surface area (Å²) in [6, 6.07) is 4.66. The fourth-order valence-corrected chi connectivity index (χ4v) is 2.74. The van der Waals surface area contributed by atoms with Gasteiger partial charge < -0.3 is 10.1 Å². The van der Waals surface area contributed by atoms with E-state index in [4.69, 9.17) is 10.6 Å². The molecule has 1 aromatic rings. The van der Waals surface area contributed by atoms with Crippen LogP contribution in [0.3, 0.4) is 0 Å². The Bertz CT molecular complexity index is 661. The molecule has 1 aliphatic heterocycles. The molecule has 1 saturated heterocycles. The second-order valence-corrected chi connectivity index (χ2v) is 5.33. The molecule has 4 amide bonds. The van der Waals surface area contributed by atoms with Gasteiger partial charge in [-0.15, -0.1) is 0 Å². The number of urea groups is 1. The van der Waals surface area contributed by atoms with Crippen molar-refractivity contribution in [3.8, 4) is 5.75 Å². The summed E-state index contributed by atoms with van der Waals surface area (Å²) in [5, 5.41) is 2.70. The van der Waals surface area contributed by atoms with Gasteiger partial charge in [-0.1, -0.05) is 13.0 Å². The van der Waals surface area contributed by atoms with Gasteiger partial charge in [-0.05, 0) is 36.6 Å². The number of benzene rings is 1. The van der Waals surface area contributed by atoms with E-state index >= 15 is 0 Å². The molecule has 4 N–H and O–H groups in total. The second kappa shape index (κ2) is 6.25. The van der Waals surface area contributed by atoms with Crippen molar-refractivity contribution in [1.82, 2.24) is 15.6 Å². The Morgan fingerprint density at radius 1 is 1.43 bits per heavy atom. The number of carbonyl (C=O) groups is 3. The van der Waals surface area contributed by atoms with Crippen LogP contribution in [0.25, 0.3) is 0 Å². The fourth-order valence-electron chi connectivity index (χ4n) is 2.74. The van der Waals surface area contributed by atoms with Crippen LogP contribution in [0.5, 0.6) is 5.75 Å². The number of carbonyl (C=O) groups excluding carboxylic acids is 3. The minimum atomic E-state index is -1.19. The predicted octanol–water partition coefficient (Wildman–Crippen LogP) is 0.151. The molecule has 1 heterocycles. The minimum absolute atomic E-state index is 0.351. The number of nitrogens with zero attached hydrogens (tertiary/aromatic N) is 1. The maximum Gasteiger partial charge on any atom is 0.325 e. The summed E-state index contributed by atoms with van der Waals surface area (Å²) in [6.07, 6.45) is 0.351. The topological polar surface area (TPSA) is 114 Å². The molecule has 0 aliphatic carbocycles. The number of amides is 4. The van der Waals surface area contributed by atoms with E-state index in [1.165, 1.54) is 0 Å². The normalized spacial score (nSPS) is 20.4. The molecule has 0 aromatic heterocycles. The molecular formula is C15H20N4O4. The summed E-state index contributed by atoms with van der Waals surface area (Å²) in [5.41, 5.74) is 2.21. The van der Waals surface area contributed by atoms with E-state index in [-0.39, 0.29) is 0 Å². The number of nitrogens with two attached hydrogens (primary N) is 1. The van der Waals surface area contributed by atoms with Crippen LogP contribution in [0.2, 0.25) is 0 Å². The third kappa shape index (κ3) is 2.72. The van der Waals surface area contributed by atoms with Crippen LogP contribution >= 0.6 is 0 Å². The Morgan fingerprint density at radius 2 is 2.13 bits per heavy atom. The second-order valence-electron chi connectivity index (χ2n) is 5.33. The summed E-state index contributed by atoms with van der Waals surface area (Å²) < 4.78 is 5.22. The van der Waals surface area contributed by atoms with Crippen LogP contribution < -0.4 is 21.3 Å². The summed E-state index contributed by atoms with van der Waals surface area (Å²) in [7, 11) is 1.56. The Kier molecular flexibility index (Phi) is 4.55. The van der Waals surface area contributed by atoms with E-state index in [0.717, 1.165) is 10.5 Å². The minimum Gasteiger partial charge on any atom is -0.496 e. The number of rotatable bonds is 5. The van der Waals surface area contributed by atoms with Crippen molar-refractivity contribution in [3.05, 3.63) is 29.3 Å². The van der Waals surface area contributed by atoms with Crippen molar-refractivity contribution in [3.63, 3.8) is 0 Å². The Hall–Kier alpha value is -2.61. The largest absolute Gasteiger partial charge is 0.496 e. The number of hydrogen-bond donors (Lipinski definition) is 3. The van der Waals surface area contributed by atoms with Gasteiger partial charge in [-0.25, -0.2) is 10.6 Å². The van der Waals surface area contributed by atoms with Gasteiger partial charge in [0.2, 0.25) is 0 Å². The van der Waals surface area contributed by atoms with Crippen molar-refractivity contribution in [2.45, 2.75) is 25.8 Å². The lowest BCUT2D eigenvalue weighted by Gasteiger charge is -2.26. The lowest BCUT2D eigenvalue weighted by Crippen LogP contribution is -2.45. The van der Waals surface area contributed by atoms with E-state index in [1.54, 1.807) is 32.2 Å². The molecule has 0 saturated carbocycles. The van der Waals surface area contributed by atoms with E-state index in [0.29, 0.717) is 17.7 Å². The number of methoxy groups -OCH3 is 1. The van der Waals surface area contributed by atoms with Gasteiger partial charge in [0.15, 0.2) is 0 Å². The molecule has 0 spiro atoms. The maximum absolute atomic E-state index is 12.8. The van der Waals surface area contributed by atoms with Crippen molar-refractivity contribution in [2.24, 2.45) is 5.84 Å². The average Bonchev–Trinajstić information content (AvgIpc) is 2.79. The number of ether oxygens (including phenoxy) is 1. The number of imide groups is 1. The summed E-state index contributed by atoms with van der Waals surface area (Å²) in [5.74, 6) is 4.62. The highest BCUT2D eigenvalue weighted by molar-refractivity contribution is 6.09. The zero-order valence-electron chi connectivity index (χ0n) is 13.3. The van der Waals surface area contributed by atoms with Gasteiger partial charge in [0.25, 0.3) is 11.8 Å². The molecule has 8 nitrogen and oxygen atoms in total. The molecule has 2 rings (SSSR count). The first-order valence-corrected chi connectivity index (χ1v) is 7.18. The number of aryl methyl sites for hydroxylation is 1. The zero-order valence-corrected chi connectivity index (χ0v) is 13.3. The monoisotopic (exact) mass is 320 g/mol. The van der Waals surface area contributed by atoms with Gasteiger partial charge in [0.1, 0.15) is 17.8 Å². The molecule has 1 fully saturated rings. The molecule has 8 heteroatoms. The van der Waals surface area contributed by atoms with Crippen LogP contribution in [-0.4, -0.2) is 36.4 Å². The highest BCUT2D eigenvalue weighted by atomic mass is 16.5. The van der Waals surface area contributed by atoms with Crippen molar-refractivity contribution >= 4 is 17.8 Å². The molecule has 1 aromatic carbocycles. The first-order valence-electron chi connectivity index (χ1n) is 7.18. The van der Waals surface area contributed by atoms with Crippen LogP contribution in [0.1, 0.15) is 24.5 Å². The molecule has 0 bridgehead atoms. The van der Waals surface area contributed by atoms with Crippen LogP contribution in [0.15, 0.2) is 18.2 Å². The number of hydrogen-bond acceptors (Lipinski definition) is 5. The molecular weight excluding hydrogens is 300 g/mol. The third-order valence-corrected chi connectivity index (χ3v) is 4.06. The van der Waals surface area contributed by atoms with Crippen molar-refractivity contribution in [2.75, 3.05) is 13.7 Å². The average molecular weight is 320 g/mol. The smallest absolute Gasteiger partial charge is 0.325 e. The lowest BCUT2D eigenvalue weighted by molar-refractivity contribution is -0.135. The lowest BCUT2D eigenvalue weighted by atomic mass is 9.86. The third-order valence-electron chi connectivity index (χ3n) is 4.06. The number of hydrazine groups is 1. The van der Waals surface area contributed by atoms with Gasteiger partial charge in [-0.3, -0.25) is 19.9 Å². The van der Waals surface area contributed by atoms with E-state index in [9.17, 15) is 14.4 Å². The van der Waals surface area contributed by atoms with Gasteiger partial charge >= 0.3 is 6.03 Å². The van der Waals surface area contributed by atoms with Crippen LogP contribution in [-0.2, 0) is 15.1 Å². The summed E-state index contributed by atoms with van der Waals surface area (Å²) in [6.45, 7) is 3.23. The van der Waals surface area contributed by atoms with Crippen molar-refractivity contribution < 1.29 is 19.1 Å². The molecule has 1 atom stereocenters. The Labute approximate surface area is 133 Å².